The molecule has 3 atom stereocenters. The van der Waals surface area contributed by atoms with Gasteiger partial charge in [-0.25, -0.2) is 0 Å². The minimum atomic E-state index is 0.107. The molecule has 2 N–H and O–H groups in total. The number of rotatable bonds is 3. The molecule has 1 aromatic heterocycles. The molecule has 1 amide bonds. The summed E-state index contributed by atoms with van der Waals surface area (Å²) in [6.45, 7) is 9.33. The summed E-state index contributed by atoms with van der Waals surface area (Å²) in [5.74, 6) is 0.302. The highest BCUT2D eigenvalue weighted by Gasteiger charge is 2.30. The molecule has 3 nitrogen and oxygen atoms in total. The standard InChI is InChI=1S/C14H22N2OS/c1-8-7-13(11(4)18-8)10(3)16-14(17)12-5-6-15-9(12)2/h7,9-10,12,15H,5-6H2,1-4H3,(H,16,17). The lowest BCUT2D eigenvalue weighted by molar-refractivity contribution is -0.125. The van der Waals surface area contributed by atoms with Crippen LogP contribution in [0, 0.1) is 19.8 Å². The molecule has 0 spiro atoms. The number of hydrogen-bond acceptors (Lipinski definition) is 3. The number of amides is 1. The van der Waals surface area contributed by atoms with Crippen molar-refractivity contribution in [2.45, 2.75) is 46.2 Å². The van der Waals surface area contributed by atoms with Gasteiger partial charge in [0.1, 0.15) is 0 Å². The summed E-state index contributed by atoms with van der Waals surface area (Å²) in [7, 11) is 0. The minimum absolute atomic E-state index is 0.107. The molecular formula is C14H22N2OS. The first-order valence-corrected chi connectivity index (χ1v) is 7.41. The van der Waals surface area contributed by atoms with Gasteiger partial charge < -0.3 is 10.6 Å². The van der Waals surface area contributed by atoms with Crippen molar-refractivity contribution < 1.29 is 4.79 Å². The van der Waals surface area contributed by atoms with E-state index in [-0.39, 0.29) is 17.9 Å². The summed E-state index contributed by atoms with van der Waals surface area (Å²) >= 11 is 1.79. The lowest BCUT2D eigenvalue weighted by Gasteiger charge is -2.19. The molecule has 0 bridgehead atoms. The monoisotopic (exact) mass is 266 g/mol. The molecule has 0 radical (unpaired) electrons. The maximum Gasteiger partial charge on any atom is 0.225 e. The molecule has 4 heteroatoms. The van der Waals surface area contributed by atoms with Crippen molar-refractivity contribution in [3.05, 3.63) is 21.4 Å². The van der Waals surface area contributed by atoms with Gasteiger partial charge in [-0.2, -0.15) is 0 Å². The van der Waals surface area contributed by atoms with Gasteiger partial charge in [-0.15, -0.1) is 11.3 Å². The quantitative estimate of drug-likeness (QED) is 0.882. The molecule has 1 fully saturated rings. The number of hydrogen-bond donors (Lipinski definition) is 2. The number of thiophene rings is 1. The topological polar surface area (TPSA) is 41.1 Å². The first-order chi connectivity index (χ1) is 8.49. The fourth-order valence-electron chi connectivity index (χ4n) is 2.70. The summed E-state index contributed by atoms with van der Waals surface area (Å²) in [5, 5.41) is 6.47. The predicted molar refractivity (Wildman–Crippen MR) is 75.9 cm³/mol. The summed E-state index contributed by atoms with van der Waals surface area (Å²) < 4.78 is 0. The van der Waals surface area contributed by atoms with E-state index in [9.17, 15) is 4.79 Å². The molecule has 2 rings (SSSR count). The smallest absolute Gasteiger partial charge is 0.225 e. The number of nitrogens with one attached hydrogen (secondary N) is 2. The molecule has 2 heterocycles. The highest BCUT2D eigenvalue weighted by atomic mass is 32.1. The summed E-state index contributed by atoms with van der Waals surface area (Å²) in [6.07, 6.45) is 0.946. The zero-order chi connectivity index (χ0) is 13.3. The Labute approximate surface area is 113 Å². The SMILES string of the molecule is Cc1cc(C(C)NC(=O)C2CCNC2C)c(C)s1. The van der Waals surface area contributed by atoms with Crippen LogP contribution in [0.1, 0.15) is 41.6 Å². The Morgan fingerprint density at radius 2 is 2.28 bits per heavy atom. The van der Waals surface area contributed by atoms with E-state index < -0.39 is 0 Å². The second-order valence-corrected chi connectivity index (χ2v) is 6.70. The fraction of sp³-hybridized carbons (Fsp3) is 0.643. The first kappa shape index (κ1) is 13.6. The number of carbonyl (C=O) groups is 1. The van der Waals surface area contributed by atoms with E-state index in [1.54, 1.807) is 11.3 Å². The van der Waals surface area contributed by atoms with Crippen LogP contribution in [0.3, 0.4) is 0 Å². The van der Waals surface area contributed by atoms with Crippen molar-refractivity contribution in [1.29, 1.82) is 0 Å². The normalized spacial score (nSPS) is 25.1. The second-order valence-electron chi connectivity index (χ2n) is 5.24. The van der Waals surface area contributed by atoms with Gasteiger partial charge in [0.15, 0.2) is 0 Å². The Hall–Kier alpha value is -0.870. The molecule has 0 aromatic carbocycles. The van der Waals surface area contributed by atoms with Crippen LogP contribution in [0.5, 0.6) is 0 Å². The van der Waals surface area contributed by atoms with Gasteiger partial charge in [0.25, 0.3) is 0 Å². The van der Waals surface area contributed by atoms with Gasteiger partial charge >= 0.3 is 0 Å². The van der Waals surface area contributed by atoms with E-state index in [0.717, 1.165) is 13.0 Å². The maximum absolute atomic E-state index is 12.2. The zero-order valence-electron chi connectivity index (χ0n) is 11.5. The van der Waals surface area contributed by atoms with Crippen LogP contribution in [0.4, 0.5) is 0 Å². The zero-order valence-corrected chi connectivity index (χ0v) is 12.4. The maximum atomic E-state index is 12.2. The van der Waals surface area contributed by atoms with Crippen LogP contribution in [-0.4, -0.2) is 18.5 Å². The van der Waals surface area contributed by atoms with Gasteiger partial charge in [0, 0.05) is 15.8 Å². The Balaban J connectivity index is 2.01. The van der Waals surface area contributed by atoms with Gasteiger partial charge in [-0.1, -0.05) is 0 Å². The Morgan fingerprint density at radius 3 is 2.78 bits per heavy atom. The first-order valence-electron chi connectivity index (χ1n) is 6.59. The minimum Gasteiger partial charge on any atom is -0.349 e. The predicted octanol–water partition coefficient (Wildman–Crippen LogP) is 2.54. The van der Waals surface area contributed by atoms with Crippen LogP contribution in [-0.2, 0) is 4.79 Å². The number of aryl methyl sites for hydroxylation is 2. The van der Waals surface area contributed by atoms with Crippen LogP contribution >= 0.6 is 11.3 Å². The molecule has 1 aliphatic rings. The molecular weight excluding hydrogens is 244 g/mol. The Morgan fingerprint density at radius 1 is 1.56 bits per heavy atom. The Kier molecular flexibility index (Phi) is 4.07. The van der Waals surface area contributed by atoms with Crippen LogP contribution in [0.25, 0.3) is 0 Å². The van der Waals surface area contributed by atoms with E-state index in [1.807, 2.05) is 0 Å². The largest absolute Gasteiger partial charge is 0.349 e. The molecule has 0 aliphatic carbocycles. The molecule has 1 aromatic rings. The molecule has 3 unspecified atom stereocenters. The summed E-state index contributed by atoms with van der Waals surface area (Å²) in [6, 6.07) is 2.58. The van der Waals surface area contributed by atoms with Gasteiger partial charge in [-0.3, -0.25) is 4.79 Å². The molecule has 1 aliphatic heterocycles. The van der Waals surface area contributed by atoms with Gasteiger partial charge in [-0.05, 0) is 52.3 Å². The highest BCUT2D eigenvalue weighted by molar-refractivity contribution is 7.12. The van der Waals surface area contributed by atoms with Crippen LogP contribution in [0.2, 0.25) is 0 Å². The third-order valence-corrected chi connectivity index (χ3v) is 4.75. The van der Waals surface area contributed by atoms with Gasteiger partial charge in [0.05, 0.1) is 12.0 Å². The van der Waals surface area contributed by atoms with Crippen molar-refractivity contribution >= 4 is 17.2 Å². The van der Waals surface area contributed by atoms with E-state index in [4.69, 9.17) is 0 Å². The molecule has 18 heavy (non-hydrogen) atoms. The van der Waals surface area contributed by atoms with E-state index in [1.165, 1.54) is 15.3 Å². The molecule has 1 saturated heterocycles. The van der Waals surface area contributed by atoms with Crippen molar-refractivity contribution in [2.24, 2.45) is 5.92 Å². The summed E-state index contributed by atoms with van der Waals surface area (Å²) in [4.78, 5) is 14.8. The number of carbonyl (C=O) groups excluding carboxylic acids is 1. The van der Waals surface area contributed by atoms with Crippen molar-refractivity contribution in [3.8, 4) is 0 Å². The van der Waals surface area contributed by atoms with E-state index in [2.05, 4.69) is 44.4 Å². The Bertz CT molecular complexity index is 441. The van der Waals surface area contributed by atoms with Crippen LogP contribution < -0.4 is 10.6 Å². The van der Waals surface area contributed by atoms with Crippen molar-refractivity contribution in [2.75, 3.05) is 6.54 Å². The third-order valence-electron chi connectivity index (χ3n) is 3.77. The fourth-order valence-corrected chi connectivity index (χ4v) is 3.72. The average Bonchev–Trinajstić information content (AvgIpc) is 2.84. The lowest BCUT2D eigenvalue weighted by Crippen LogP contribution is -2.37. The molecule has 100 valence electrons. The second kappa shape index (κ2) is 5.41. The molecule has 0 saturated carbocycles. The third kappa shape index (κ3) is 2.75. The van der Waals surface area contributed by atoms with Crippen molar-refractivity contribution in [1.82, 2.24) is 10.6 Å². The highest BCUT2D eigenvalue weighted by Crippen LogP contribution is 2.27. The van der Waals surface area contributed by atoms with Gasteiger partial charge in [0.2, 0.25) is 5.91 Å². The van der Waals surface area contributed by atoms with Crippen molar-refractivity contribution in [3.63, 3.8) is 0 Å². The summed E-state index contributed by atoms with van der Waals surface area (Å²) in [5.41, 5.74) is 1.25. The average molecular weight is 266 g/mol. The van der Waals surface area contributed by atoms with E-state index >= 15 is 0 Å². The van der Waals surface area contributed by atoms with E-state index in [0.29, 0.717) is 6.04 Å². The van der Waals surface area contributed by atoms with Crippen LogP contribution in [0.15, 0.2) is 6.07 Å². The lowest BCUT2D eigenvalue weighted by atomic mass is 10.00.